The minimum Gasteiger partial charge on any atom is -0.283 e. The van der Waals surface area contributed by atoms with E-state index in [1.54, 1.807) is 9.36 Å². The Bertz CT molecular complexity index is 1060. The average molecular weight is 412 g/mol. The third kappa shape index (κ3) is 3.18. The molecule has 0 N–H and O–H groups in total. The van der Waals surface area contributed by atoms with E-state index < -0.39 is 0 Å². The molecule has 0 saturated carbocycles. The Morgan fingerprint density at radius 2 is 1.93 bits per heavy atom. The highest BCUT2D eigenvalue weighted by Gasteiger charge is 2.38. The summed E-state index contributed by atoms with van der Waals surface area (Å²) in [4.78, 5) is 28.4. The average Bonchev–Trinajstić information content (AvgIpc) is 3.09. The van der Waals surface area contributed by atoms with Crippen LogP contribution in [-0.4, -0.2) is 19.6 Å². The summed E-state index contributed by atoms with van der Waals surface area (Å²) < 4.78 is 3.74. The van der Waals surface area contributed by atoms with Crippen LogP contribution in [-0.2, 0) is 11.8 Å². The number of aromatic nitrogens is 2. The molecule has 1 amide bonds. The van der Waals surface area contributed by atoms with Gasteiger partial charge in [-0.3, -0.25) is 19.2 Å². The van der Waals surface area contributed by atoms with Crippen molar-refractivity contribution >= 4 is 39.9 Å². The van der Waals surface area contributed by atoms with Gasteiger partial charge in [0.15, 0.2) is 4.32 Å². The van der Waals surface area contributed by atoms with Crippen LogP contribution < -0.4 is 10.5 Å². The Kier molecular flexibility index (Phi) is 5.12. The molecule has 5 nitrogen and oxygen atoms in total. The second kappa shape index (κ2) is 7.56. The van der Waals surface area contributed by atoms with Gasteiger partial charge in [0.05, 0.1) is 16.3 Å². The molecule has 1 aromatic heterocycles. The van der Waals surface area contributed by atoms with Crippen molar-refractivity contribution in [3.8, 4) is 5.69 Å². The number of nitrogens with zero attached hydrogens (tertiary/aromatic N) is 3. The molecular weight excluding hydrogens is 390 g/mol. The van der Waals surface area contributed by atoms with Gasteiger partial charge in [-0.2, -0.15) is 0 Å². The Labute approximate surface area is 173 Å². The number of hydrogen-bond donors (Lipinski definition) is 0. The number of carbonyl (C=O) groups excluding carboxylic acids is 1. The van der Waals surface area contributed by atoms with Gasteiger partial charge in [-0.15, -0.1) is 0 Å². The van der Waals surface area contributed by atoms with Crippen molar-refractivity contribution in [1.82, 2.24) is 9.36 Å². The van der Waals surface area contributed by atoms with Crippen LogP contribution in [0.15, 0.2) is 58.3 Å². The lowest BCUT2D eigenvalue weighted by Gasteiger charge is -2.14. The molecule has 7 heteroatoms. The quantitative estimate of drug-likeness (QED) is 0.434. The van der Waals surface area contributed by atoms with E-state index in [0.29, 0.717) is 26.5 Å². The van der Waals surface area contributed by atoms with Gasteiger partial charge in [-0.05, 0) is 44.2 Å². The summed E-state index contributed by atoms with van der Waals surface area (Å²) in [6.07, 6.45) is 9.36. The number of carbonyl (C=O) groups is 1. The third-order valence-electron chi connectivity index (χ3n) is 5.24. The standard InChI is InChI=1S/C21H21N3O2S2/c1-14-18(20(26)24(22(14)2)16-11-7-4-8-12-16)23-19(25)17(28-21(23)27)13-15-9-5-3-6-10-15/h3-5,7-8,11-13,15H,6,9-10H2,1-2H3/b17-13-/t15-/m0/s1. The summed E-state index contributed by atoms with van der Waals surface area (Å²) in [6, 6.07) is 9.39. The first-order chi connectivity index (χ1) is 13.5. The summed E-state index contributed by atoms with van der Waals surface area (Å²) in [6.45, 7) is 1.84. The molecule has 1 aromatic carbocycles. The minimum absolute atomic E-state index is 0.199. The fourth-order valence-corrected chi connectivity index (χ4v) is 5.00. The van der Waals surface area contributed by atoms with Gasteiger partial charge in [-0.25, -0.2) is 4.68 Å². The van der Waals surface area contributed by atoms with E-state index in [1.807, 2.05) is 50.4 Å². The van der Waals surface area contributed by atoms with Crippen LogP contribution in [0.2, 0.25) is 0 Å². The van der Waals surface area contributed by atoms with E-state index in [9.17, 15) is 9.59 Å². The Hall–Kier alpha value is -2.38. The minimum atomic E-state index is -0.246. The van der Waals surface area contributed by atoms with Gasteiger partial charge in [0, 0.05) is 7.05 Å². The van der Waals surface area contributed by atoms with Crippen LogP contribution in [0.3, 0.4) is 0 Å². The highest BCUT2D eigenvalue weighted by molar-refractivity contribution is 8.27. The van der Waals surface area contributed by atoms with E-state index in [2.05, 4.69) is 12.2 Å². The van der Waals surface area contributed by atoms with Crippen LogP contribution >= 0.6 is 24.0 Å². The van der Waals surface area contributed by atoms with Crippen LogP contribution in [0.4, 0.5) is 5.69 Å². The van der Waals surface area contributed by atoms with E-state index in [1.165, 1.54) is 16.7 Å². The number of benzene rings is 1. The molecule has 2 heterocycles. The molecule has 1 fully saturated rings. The van der Waals surface area contributed by atoms with Crippen LogP contribution in [0.1, 0.15) is 25.0 Å². The molecule has 28 heavy (non-hydrogen) atoms. The Balaban J connectivity index is 1.74. The van der Waals surface area contributed by atoms with Crippen LogP contribution in [0, 0.1) is 12.8 Å². The first kappa shape index (κ1) is 19.0. The first-order valence-electron chi connectivity index (χ1n) is 9.26. The summed E-state index contributed by atoms with van der Waals surface area (Å²) in [5, 5.41) is 0. The monoisotopic (exact) mass is 411 g/mol. The molecule has 0 spiro atoms. The van der Waals surface area contributed by atoms with Crippen molar-refractivity contribution in [2.45, 2.75) is 26.2 Å². The maximum absolute atomic E-state index is 13.2. The van der Waals surface area contributed by atoms with Crippen LogP contribution in [0.25, 0.3) is 5.69 Å². The zero-order valence-electron chi connectivity index (χ0n) is 15.8. The zero-order valence-corrected chi connectivity index (χ0v) is 17.4. The largest absolute Gasteiger partial charge is 0.296 e. The van der Waals surface area contributed by atoms with Crippen molar-refractivity contribution in [2.75, 3.05) is 4.90 Å². The molecule has 1 aliphatic heterocycles. The van der Waals surface area contributed by atoms with Gasteiger partial charge in [0.2, 0.25) is 0 Å². The number of thioether (sulfide) groups is 1. The molecule has 0 radical (unpaired) electrons. The smallest absolute Gasteiger partial charge is 0.283 e. The number of amides is 1. The lowest BCUT2D eigenvalue weighted by Crippen LogP contribution is -2.33. The molecule has 2 aliphatic rings. The predicted octanol–water partition coefficient (Wildman–Crippen LogP) is 4.09. The van der Waals surface area contributed by atoms with E-state index in [4.69, 9.17) is 12.2 Å². The normalized spacial score (nSPS) is 21.1. The maximum Gasteiger partial charge on any atom is 0.296 e. The van der Waals surface area contributed by atoms with E-state index in [0.717, 1.165) is 24.9 Å². The summed E-state index contributed by atoms with van der Waals surface area (Å²) in [5.41, 5.74) is 1.54. The number of thiocarbonyl (C=S) groups is 1. The van der Waals surface area contributed by atoms with E-state index in [-0.39, 0.29) is 11.5 Å². The molecule has 1 saturated heterocycles. The lowest BCUT2D eigenvalue weighted by molar-refractivity contribution is -0.113. The molecule has 0 unspecified atom stereocenters. The molecule has 2 aromatic rings. The number of anilines is 1. The number of para-hydroxylation sites is 1. The van der Waals surface area contributed by atoms with Gasteiger partial charge in [0.1, 0.15) is 5.69 Å². The van der Waals surface area contributed by atoms with Gasteiger partial charge < -0.3 is 0 Å². The highest BCUT2D eigenvalue weighted by atomic mass is 32.2. The number of rotatable bonds is 3. The van der Waals surface area contributed by atoms with Crippen molar-refractivity contribution in [3.05, 3.63) is 69.5 Å². The van der Waals surface area contributed by atoms with Crippen LogP contribution in [0.5, 0.6) is 0 Å². The SMILES string of the molecule is Cc1c(N2C(=O)/C(=C/[C@H]3CC=CCC3)SC2=S)c(=O)n(-c2ccccc2)n1C. The lowest BCUT2D eigenvalue weighted by atomic mass is 9.94. The summed E-state index contributed by atoms with van der Waals surface area (Å²) in [7, 11) is 1.81. The molecule has 144 valence electrons. The van der Waals surface area contributed by atoms with Gasteiger partial charge in [0.25, 0.3) is 11.5 Å². The molecule has 0 bridgehead atoms. The van der Waals surface area contributed by atoms with Crippen molar-refractivity contribution in [2.24, 2.45) is 13.0 Å². The summed E-state index contributed by atoms with van der Waals surface area (Å²) in [5.74, 6) is 0.146. The maximum atomic E-state index is 13.2. The predicted molar refractivity (Wildman–Crippen MR) is 118 cm³/mol. The molecule has 1 aliphatic carbocycles. The second-order valence-corrected chi connectivity index (χ2v) is 8.67. The van der Waals surface area contributed by atoms with Gasteiger partial charge >= 0.3 is 0 Å². The zero-order chi connectivity index (χ0) is 19.8. The second-order valence-electron chi connectivity index (χ2n) is 6.99. The molecule has 1 atom stereocenters. The van der Waals surface area contributed by atoms with Gasteiger partial charge in [-0.1, -0.05) is 60.4 Å². The highest BCUT2D eigenvalue weighted by Crippen LogP contribution is 2.37. The van der Waals surface area contributed by atoms with Crippen molar-refractivity contribution < 1.29 is 4.79 Å². The topological polar surface area (TPSA) is 47.2 Å². The first-order valence-corrected chi connectivity index (χ1v) is 10.5. The fraction of sp³-hybridized carbons (Fsp3) is 0.286. The fourth-order valence-electron chi connectivity index (χ4n) is 3.67. The Morgan fingerprint density at radius 1 is 1.18 bits per heavy atom. The summed E-state index contributed by atoms with van der Waals surface area (Å²) >= 11 is 6.77. The Morgan fingerprint density at radius 3 is 2.61 bits per heavy atom. The van der Waals surface area contributed by atoms with Crippen molar-refractivity contribution in [1.29, 1.82) is 0 Å². The molecular formula is C21H21N3O2S2. The van der Waals surface area contributed by atoms with E-state index >= 15 is 0 Å². The number of hydrogen-bond acceptors (Lipinski definition) is 4. The third-order valence-corrected chi connectivity index (χ3v) is 6.56. The molecule has 4 rings (SSSR count). The number of allylic oxidation sites excluding steroid dienone is 3. The van der Waals surface area contributed by atoms with Crippen molar-refractivity contribution in [3.63, 3.8) is 0 Å².